The predicted molar refractivity (Wildman–Crippen MR) is 132 cm³/mol. The molecule has 1 aliphatic rings. The minimum atomic E-state index is -0.376. The third kappa shape index (κ3) is 5.79. The molecule has 8 heteroatoms. The van der Waals surface area contributed by atoms with Gasteiger partial charge in [-0.1, -0.05) is 53.6 Å². The van der Waals surface area contributed by atoms with Crippen LogP contribution in [-0.2, 0) is 11.4 Å². The van der Waals surface area contributed by atoms with Crippen molar-refractivity contribution in [1.29, 1.82) is 0 Å². The summed E-state index contributed by atoms with van der Waals surface area (Å²) in [5.74, 6) is 0.345. The van der Waals surface area contributed by atoms with Crippen LogP contribution in [0.15, 0.2) is 71.6 Å². The van der Waals surface area contributed by atoms with Gasteiger partial charge in [0.25, 0.3) is 11.1 Å². The number of benzene rings is 3. The average Bonchev–Trinajstić information content (AvgIpc) is 3.08. The maximum Gasteiger partial charge on any atom is 0.293 e. The Bertz CT molecular complexity index is 1250. The summed E-state index contributed by atoms with van der Waals surface area (Å²) in [5.41, 5.74) is 2.18. The highest BCUT2D eigenvalue weighted by atomic mass is 35.5. The Hall–Kier alpha value is -3.29. The largest absolute Gasteiger partial charge is 0.492 e. The molecule has 0 saturated carbocycles. The van der Waals surface area contributed by atoms with Gasteiger partial charge < -0.3 is 9.47 Å². The van der Waals surface area contributed by atoms with Crippen molar-refractivity contribution < 1.29 is 23.5 Å². The molecule has 34 heavy (non-hydrogen) atoms. The highest BCUT2D eigenvalue weighted by Crippen LogP contribution is 2.34. The quantitative estimate of drug-likeness (QED) is 0.333. The van der Waals surface area contributed by atoms with Gasteiger partial charge >= 0.3 is 0 Å². The number of amides is 2. The summed E-state index contributed by atoms with van der Waals surface area (Å²) in [6.07, 6.45) is 1.61. The molecule has 2 amide bonds. The molecule has 1 aliphatic heterocycles. The van der Waals surface area contributed by atoms with Crippen molar-refractivity contribution in [3.63, 3.8) is 0 Å². The van der Waals surface area contributed by atoms with Gasteiger partial charge in [0.1, 0.15) is 30.5 Å². The second-order valence-corrected chi connectivity index (χ2v) is 8.97. The fourth-order valence-electron chi connectivity index (χ4n) is 3.23. The number of hydrogen-bond acceptors (Lipinski definition) is 5. The minimum absolute atomic E-state index is 0.0370. The van der Waals surface area contributed by atoms with E-state index in [0.29, 0.717) is 32.6 Å². The molecule has 4 rings (SSSR count). The molecule has 0 N–H and O–H groups in total. The zero-order valence-electron chi connectivity index (χ0n) is 18.3. The van der Waals surface area contributed by atoms with Crippen LogP contribution in [-0.4, -0.2) is 29.2 Å². The molecule has 174 valence electrons. The van der Waals surface area contributed by atoms with Gasteiger partial charge in [0.15, 0.2) is 0 Å². The van der Waals surface area contributed by atoms with Crippen LogP contribution in [0.25, 0.3) is 6.08 Å². The van der Waals surface area contributed by atoms with Crippen LogP contribution >= 0.6 is 23.4 Å². The van der Waals surface area contributed by atoms with Crippen molar-refractivity contribution in [1.82, 2.24) is 4.90 Å². The lowest BCUT2D eigenvalue weighted by atomic mass is 10.2. The van der Waals surface area contributed by atoms with Gasteiger partial charge in [0, 0.05) is 5.56 Å². The van der Waals surface area contributed by atoms with Crippen molar-refractivity contribution >= 4 is 40.6 Å². The van der Waals surface area contributed by atoms with Gasteiger partial charge in [0.05, 0.1) is 16.5 Å². The van der Waals surface area contributed by atoms with Gasteiger partial charge in [-0.2, -0.15) is 0 Å². The molecule has 0 aliphatic carbocycles. The summed E-state index contributed by atoms with van der Waals surface area (Å²) in [6.45, 7) is 2.37. The molecule has 0 unspecified atom stereocenters. The van der Waals surface area contributed by atoms with E-state index in [2.05, 4.69) is 0 Å². The van der Waals surface area contributed by atoms with Crippen LogP contribution in [0.2, 0.25) is 5.02 Å². The second-order valence-electron chi connectivity index (χ2n) is 7.56. The lowest BCUT2D eigenvalue weighted by Gasteiger charge is -2.13. The van der Waals surface area contributed by atoms with E-state index < -0.39 is 0 Å². The fraction of sp³-hybridized carbons (Fsp3) is 0.154. The molecule has 1 saturated heterocycles. The van der Waals surface area contributed by atoms with E-state index in [1.165, 1.54) is 6.07 Å². The first-order chi connectivity index (χ1) is 16.4. The number of nitrogens with zero attached hydrogens (tertiary/aromatic N) is 1. The SMILES string of the molecule is Cc1ccc(OCCN2C(=O)S/C(=C\c3ccc(OCc4ccccc4F)c(Cl)c3)C2=O)cc1. The van der Waals surface area contributed by atoms with Crippen molar-refractivity contribution in [2.75, 3.05) is 13.2 Å². The summed E-state index contributed by atoms with van der Waals surface area (Å²) in [7, 11) is 0. The number of carbonyl (C=O) groups excluding carboxylic acids is 2. The average molecular weight is 498 g/mol. The first-order valence-electron chi connectivity index (χ1n) is 10.5. The Morgan fingerprint density at radius 1 is 1.03 bits per heavy atom. The molecule has 0 spiro atoms. The molecule has 0 bridgehead atoms. The maximum absolute atomic E-state index is 13.8. The number of thioether (sulfide) groups is 1. The Kier molecular flexibility index (Phi) is 7.55. The number of rotatable bonds is 8. The van der Waals surface area contributed by atoms with Gasteiger partial charge in [-0.25, -0.2) is 4.39 Å². The summed E-state index contributed by atoms with van der Waals surface area (Å²) in [4.78, 5) is 26.5. The highest BCUT2D eigenvalue weighted by Gasteiger charge is 2.34. The molecule has 1 heterocycles. The Morgan fingerprint density at radius 3 is 2.53 bits per heavy atom. The number of halogens is 2. The smallest absolute Gasteiger partial charge is 0.293 e. The summed E-state index contributed by atoms with van der Waals surface area (Å²) < 4.78 is 25.0. The Labute approximate surface area is 206 Å². The molecule has 1 fully saturated rings. The minimum Gasteiger partial charge on any atom is -0.492 e. The van der Waals surface area contributed by atoms with Gasteiger partial charge in [0.2, 0.25) is 0 Å². The van der Waals surface area contributed by atoms with E-state index >= 15 is 0 Å². The zero-order valence-corrected chi connectivity index (χ0v) is 19.9. The molecular weight excluding hydrogens is 477 g/mol. The predicted octanol–water partition coefficient (Wildman–Crippen LogP) is 6.48. The molecule has 5 nitrogen and oxygen atoms in total. The molecule has 3 aromatic carbocycles. The summed E-state index contributed by atoms with van der Waals surface area (Å²) >= 11 is 7.19. The Balaban J connectivity index is 1.36. The van der Waals surface area contributed by atoms with E-state index in [1.54, 1.807) is 42.5 Å². The number of aryl methyl sites for hydroxylation is 1. The van der Waals surface area contributed by atoms with E-state index in [9.17, 15) is 14.0 Å². The number of ether oxygens (including phenoxy) is 2. The van der Waals surface area contributed by atoms with Crippen LogP contribution < -0.4 is 9.47 Å². The number of imide groups is 1. The van der Waals surface area contributed by atoms with Crippen LogP contribution in [0, 0.1) is 12.7 Å². The number of carbonyl (C=O) groups is 2. The van der Waals surface area contributed by atoms with Crippen molar-refractivity contribution in [2.45, 2.75) is 13.5 Å². The monoisotopic (exact) mass is 497 g/mol. The lowest BCUT2D eigenvalue weighted by molar-refractivity contribution is -0.123. The standard InChI is InChI=1S/C26H21ClFNO4S/c1-17-6-9-20(10-7-17)32-13-12-29-25(30)24(34-26(29)31)15-18-8-11-23(21(27)14-18)33-16-19-4-2-3-5-22(19)28/h2-11,14-15H,12-13,16H2,1H3/b24-15-. The van der Waals surface area contributed by atoms with Crippen LogP contribution in [0.5, 0.6) is 11.5 Å². The molecular formula is C26H21ClFNO4S. The Morgan fingerprint density at radius 2 is 1.79 bits per heavy atom. The van der Waals surface area contributed by atoms with Gasteiger partial charge in [-0.3, -0.25) is 14.5 Å². The van der Waals surface area contributed by atoms with Crippen molar-refractivity contribution in [2.24, 2.45) is 0 Å². The fourth-order valence-corrected chi connectivity index (χ4v) is 4.34. The first kappa shape index (κ1) is 23.9. The second kappa shape index (κ2) is 10.8. The van der Waals surface area contributed by atoms with Crippen LogP contribution in [0.4, 0.5) is 9.18 Å². The molecule has 3 aromatic rings. The topological polar surface area (TPSA) is 55.8 Å². The summed E-state index contributed by atoms with van der Waals surface area (Å²) in [6, 6.07) is 18.9. The highest BCUT2D eigenvalue weighted by molar-refractivity contribution is 8.18. The van der Waals surface area contributed by atoms with E-state index in [1.807, 2.05) is 31.2 Å². The van der Waals surface area contributed by atoms with Gasteiger partial charge in [-0.05, 0) is 60.7 Å². The molecule has 0 atom stereocenters. The maximum atomic E-state index is 13.8. The van der Waals surface area contributed by atoms with Crippen molar-refractivity contribution in [3.8, 4) is 11.5 Å². The van der Waals surface area contributed by atoms with Crippen molar-refractivity contribution in [3.05, 3.63) is 99.2 Å². The zero-order chi connectivity index (χ0) is 24.1. The summed E-state index contributed by atoms with van der Waals surface area (Å²) in [5, 5.41) is -0.0319. The van der Waals surface area contributed by atoms with Gasteiger partial charge in [-0.15, -0.1) is 0 Å². The van der Waals surface area contributed by atoms with Crippen LogP contribution in [0.1, 0.15) is 16.7 Å². The third-order valence-electron chi connectivity index (χ3n) is 5.07. The first-order valence-corrected chi connectivity index (χ1v) is 11.7. The lowest BCUT2D eigenvalue weighted by Crippen LogP contribution is -2.32. The molecule has 0 radical (unpaired) electrons. The van der Waals surface area contributed by atoms with Crippen LogP contribution in [0.3, 0.4) is 0 Å². The van der Waals surface area contributed by atoms with E-state index in [-0.39, 0.29) is 36.7 Å². The number of hydrogen-bond donors (Lipinski definition) is 0. The van der Waals surface area contributed by atoms with E-state index in [4.69, 9.17) is 21.1 Å². The third-order valence-corrected chi connectivity index (χ3v) is 6.28. The normalized spacial score (nSPS) is 14.7. The van der Waals surface area contributed by atoms with E-state index in [0.717, 1.165) is 22.2 Å². The molecule has 0 aromatic heterocycles.